The van der Waals surface area contributed by atoms with E-state index in [1.165, 1.54) is 0 Å². The van der Waals surface area contributed by atoms with Crippen molar-refractivity contribution in [1.82, 2.24) is 9.97 Å². The molecule has 3 heterocycles. The third-order valence-corrected chi connectivity index (χ3v) is 3.89. The molecule has 0 radical (unpaired) electrons. The number of hydrogen-bond donors (Lipinski definition) is 2. The van der Waals surface area contributed by atoms with E-state index < -0.39 is 0 Å². The van der Waals surface area contributed by atoms with Gasteiger partial charge in [-0.15, -0.1) is 0 Å². The first-order valence-electron chi connectivity index (χ1n) is 7.73. The van der Waals surface area contributed by atoms with Crippen LogP contribution in [0.5, 0.6) is 0 Å². The fourth-order valence-corrected chi connectivity index (χ4v) is 2.77. The summed E-state index contributed by atoms with van der Waals surface area (Å²) in [5, 5.41) is 6.07. The molecule has 0 bridgehead atoms. The van der Waals surface area contributed by atoms with Crippen molar-refractivity contribution in [2.45, 2.75) is 19.9 Å². The molecule has 1 aromatic carbocycles. The number of carbonyl (C=O) groups excluding carboxylic acids is 1. The Kier molecular flexibility index (Phi) is 3.49. The Balaban J connectivity index is 1.67. The van der Waals surface area contributed by atoms with Gasteiger partial charge in [0.15, 0.2) is 0 Å². The molecule has 0 saturated carbocycles. The second-order valence-electron chi connectivity index (χ2n) is 5.70. The number of hydrogen-bond acceptors (Lipinski definition) is 5. The molecule has 4 rings (SSSR count). The highest BCUT2D eigenvalue weighted by Gasteiger charge is 2.20. The predicted octanol–water partition coefficient (Wildman–Crippen LogP) is 3.15. The molecule has 0 aliphatic carbocycles. The van der Waals surface area contributed by atoms with E-state index >= 15 is 0 Å². The Morgan fingerprint density at radius 2 is 2.12 bits per heavy atom. The maximum absolute atomic E-state index is 12.0. The minimum atomic E-state index is -0.0587. The quantitative estimate of drug-likeness (QED) is 0.775. The molecule has 0 saturated heterocycles. The number of anilines is 2. The lowest BCUT2D eigenvalue weighted by atomic mass is 10.1. The lowest BCUT2D eigenvalue weighted by Gasteiger charge is -2.09. The van der Waals surface area contributed by atoms with Crippen molar-refractivity contribution in [3.8, 4) is 11.3 Å². The summed E-state index contributed by atoms with van der Waals surface area (Å²) in [5.41, 5.74) is 3.26. The first kappa shape index (κ1) is 14.4. The number of benzene rings is 1. The molecule has 6 nitrogen and oxygen atoms in total. The van der Waals surface area contributed by atoms with Crippen LogP contribution < -0.4 is 10.6 Å². The number of furan rings is 1. The molecule has 0 fully saturated rings. The molecule has 3 aromatic rings. The van der Waals surface area contributed by atoms with Gasteiger partial charge in [0.2, 0.25) is 11.9 Å². The largest absolute Gasteiger partial charge is 0.465 e. The number of fused-ring (bicyclic) bond motifs is 3. The molecule has 0 spiro atoms. The SMILES string of the molecule is Cc1ccc(CNc2ncc3c(n2)-c2ccccc2NC(=O)C3)o1. The maximum Gasteiger partial charge on any atom is 0.228 e. The van der Waals surface area contributed by atoms with Crippen molar-refractivity contribution in [2.24, 2.45) is 0 Å². The minimum absolute atomic E-state index is 0.0587. The first-order chi connectivity index (χ1) is 11.7. The van der Waals surface area contributed by atoms with Gasteiger partial charge in [0.1, 0.15) is 11.5 Å². The lowest BCUT2D eigenvalue weighted by molar-refractivity contribution is -0.115. The van der Waals surface area contributed by atoms with Crippen LogP contribution in [0.3, 0.4) is 0 Å². The van der Waals surface area contributed by atoms with E-state index in [1.54, 1.807) is 6.20 Å². The standard InChI is InChI=1S/C18H16N4O2/c1-11-6-7-13(24-11)10-20-18-19-9-12-8-16(23)21-15-5-3-2-4-14(15)17(12)22-18/h2-7,9H,8,10H2,1H3,(H,21,23)(H,19,20,22). The summed E-state index contributed by atoms with van der Waals surface area (Å²) in [7, 11) is 0. The molecule has 0 atom stereocenters. The predicted molar refractivity (Wildman–Crippen MR) is 90.6 cm³/mol. The fourth-order valence-electron chi connectivity index (χ4n) is 2.77. The van der Waals surface area contributed by atoms with Crippen molar-refractivity contribution < 1.29 is 9.21 Å². The van der Waals surface area contributed by atoms with Crippen LogP contribution in [0.25, 0.3) is 11.3 Å². The van der Waals surface area contributed by atoms with Crippen molar-refractivity contribution >= 4 is 17.5 Å². The highest BCUT2D eigenvalue weighted by Crippen LogP contribution is 2.32. The van der Waals surface area contributed by atoms with E-state index in [0.717, 1.165) is 34.0 Å². The second kappa shape index (κ2) is 5.81. The monoisotopic (exact) mass is 320 g/mol. The van der Waals surface area contributed by atoms with Crippen LogP contribution >= 0.6 is 0 Å². The van der Waals surface area contributed by atoms with Crippen molar-refractivity contribution in [3.05, 3.63) is 59.7 Å². The summed E-state index contributed by atoms with van der Waals surface area (Å²) in [4.78, 5) is 20.9. The van der Waals surface area contributed by atoms with Gasteiger partial charge >= 0.3 is 0 Å². The number of para-hydroxylation sites is 1. The Morgan fingerprint density at radius 3 is 2.96 bits per heavy atom. The Labute approximate surface area is 138 Å². The van der Waals surface area contributed by atoms with E-state index in [2.05, 4.69) is 20.6 Å². The molecule has 1 aliphatic rings. The van der Waals surface area contributed by atoms with E-state index in [4.69, 9.17) is 4.42 Å². The summed E-state index contributed by atoms with van der Waals surface area (Å²) in [6, 6.07) is 11.5. The van der Waals surface area contributed by atoms with Crippen LogP contribution in [-0.2, 0) is 17.8 Å². The number of nitrogens with zero attached hydrogens (tertiary/aromatic N) is 2. The Bertz CT molecular complexity index is 917. The number of amides is 1. The normalized spacial score (nSPS) is 12.8. The molecule has 0 unspecified atom stereocenters. The van der Waals surface area contributed by atoms with Crippen LogP contribution in [0.4, 0.5) is 11.6 Å². The Morgan fingerprint density at radius 1 is 1.25 bits per heavy atom. The van der Waals surface area contributed by atoms with Gasteiger partial charge in [0.05, 0.1) is 24.3 Å². The second-order valence-corrected chi connectivity index (χ2v) is 5.70. The number of rotatable bonds is 3. The average Bonchev–Trinajstić information content (AvgIpc) is 2.93. The van der Waals surface area contributed by atoms with E-state index in [1.807, 2.05) is 43.3 Å². The van der Waals surface area contributed by atoms with Crippen molar-refractivity contribution in [1.29, 1.82) is 0 Å². The van der Waals surface area contributed by atoms with Crippen molar-refractivity contribution in [3.63, 3.8) is 0 Å². The van der Waals surface area contributed by atoms with Gasteiger partial charge in [-0.05, 0) is 25.1 Å². The average molecular weight is 320 g/mol. The van der Waals surface area contributed by atoms with Gasteiger partial charge in [-0.1, -0.05) is 18.2 Å². The van der Waals surface area contributed by atoms with Gasteiger partial charge in [-0.3, -0.25) is 4.79 Å². The third kappa shape index (κ3) is 2.74. The molecular weight excluding hydrogens is 304 g/mol. The molecule has 24 heavy (non-hydrogen) atoms. The number of aryl methyl sites for hydroxylation is 1. The zero-order chi connectivity index (χ0) is 16.5. The molecule has 6 heteroatoms. The molecule has 1 amide bonds. The summed E-state index contributed by atoms with van der Waals surface area (Å²) in [6.07, 6.45) is 1.97. The van der Waals surface area contributed by atoms with Crippen LogP contribution in [0.15, 0.2) is 47.0 Å². The molecule has 1 aliphatic heterocycles. The zero-order valence-corrected chi connectivity index (χ0v) is 13.2. The van der Waals surface area contributed by atoms with Crippen molar-refractivity contribution in [2.75, 3.05) is 10.6 Å². The number of nitrogens with one attached hydrogen (secondary N) is 2. The third-order valence-electron chi connectivity index (χ3n) is 3.89. The van der Waals surface area contributed by atoms with Gasteiger partial charge in [-0.2, -0.15) is 0 Å². The first-order valence-corrected chi connectivity index (χ1v) is 7.73. The van der Waals surface area contributed by atoms with Gasteiger partial charge < -0.3 is 15.1 Å². The highest BCUT2D eigenvalue weighted by atomic mass is 16.3. The lowest BCUT2D eigenvalue weighted by Crippen LogP contribution is -2.12. The van der Waals surface area contributed by atoms with Crippen LogP contribution in [-0.4, -0.2) is 15.9 Å². The fraction of sp³-hybridized carbons (Fsp3) is 0.167. The number of aromatic nitrogens is 2. The summed E-state index contributed by atoms with van der Waals surface area (Å²) in [6.45, 7) is 2.41. The number of carbonyl (C=O) groups is 1. The van der Waals surface area contributed by atoms with E-state index in [0.29, 0.717) is 12.5 Å². The van der Waals surface area contributed by atoms with Gasteiger partial charge in [-0.25, -0.2) is 9.97 Å². The van der Waals surface area contributed by atoms with Crippen LogP contribution in [0, 0.1) is 6.92 Å². The van der Waals surface area contributed by atoms with Gasteiger partial charge in [0.25, 0.3) is 0 Å². The zero-order valence-electron chi connectivity index (χ0n) is 13.2. The maximum atomic E-state index is 12.0. The van der Waals surface area contributed by atoms with E-state index in [9.17, 15) is 4.79 Å². The molecule has 120 valence electrons. The molecule has 2 N–H and O–H groups in total. The van der Waals surface area contributed by atoms with Gasteiger partial charge in [0, 0.05) is 17.3 Å². The summed E-state index contributed by atoms with van der Waals surface area (Å²) >= 11 is 0. The topological polar surface area (TPSA) is 80.0 Å². The molecule has 2 aromatic heterocycles. The smallest absolute Gasteiger partial charge is 0.228 e. The molecular formula is C18H16N4O2. The van der Waals surface area contributed by atoms with Crippen LogP contribution in [0.1, 0.15) is 17.1 Å². The van der Waals surface area contributed by atoms with E-state index in [-0.39, 0.29) is 12.3 Å². The summed E-state index contributed by atoms with van der Waals surface area (Å²) in [5.74, 6) is 2.14. The highest BCUT2D eigenvalue weighted by molar-refractivity contribution is 5.99. The van der Waals surface area contributed by atoms with Crippen LogP contribution in [0.2, 0.25) is 0 Å². The minimum Gasteiger partial charge on any atom is -0.465 e. The summed E-state index contributed by atoms with van der Waals surface area (Å²) < 4.78 is 5.54. The Hall–Kier alpha value is -3.15.